The Morgan fingerprint density at radius 2 is 2.21 bits per heavy atom. The van der Waals surface area contributed by atoms with E-state index in [9.17, 15) is 0 Å². The molecule has 2 aliphatic rings. The molecule has 2 aliphatic heterocycles. The van der Waals surface area contributed by atoms with E-state index in [1.165, 1.54) is 0 Å². The lowest BCUT2D eigenvalue weighted by molar-refractivity contribution is 0.173. The molecule has 0 bridgehead atoms. The van der Waals surface area contributed by atoms with Crippen LogP contribution in [0.4, 0.5) is 0 Å². The van der Waals surface area contributed by atoms with E-state index < -0.39 is 0 Å². The smallest absolute Gasteiger partial charge is 0.231 e. The molecule has 0 atom stereocenters. The van der Waals surface area contributed by atoms with Crippen molar-refractivity contribution in [2.45, 2.75) is 6.04 Å². The Morgan fingerprint density at radius 1 is 1.32 bits per heavy atom. The molecule has 1 N–H and O–H groups in total. The van der Waals surface area contributed by atoms with Gasteiger partial charge in [0.15, 0.2) is 11.5 Å². The third kappa shape index (κ3) is 1.81. The molecule has 6 nitrogen and oxygen atoms in total. The summed E-state index contributed by atoms with van der Waals surface area (Å²) < 4.78 is 13.6. The number of rotatable bonds is 2. The molecule has 1 aromatic carbocycles. The van der Waals surface area contributed by atoms with Crippen LogP contribution in [0.5, 0.6) is 11.5 Å². The summed E-state index contributed by atoms with van der Waals surface area (Å²) in [7, 11) is 0. The maximum absolute atomic E-state index is 5.41. The van der Waals surface area contributed by atoms with Crippen LogP contribution in [-0.2, 0) is 0 Å². The number of nitrogens with zero attached hydrogens (tertiary/aromatic N) is 3. The predicted octanol–water partition coefficient (Wildman–Crippen LogP) is 1.58. The maximum Gasteiger partial charge on any atom is 0.231 e. The Labute approximate surface area is 117 Å². The molecule has 19 heavy (non-hydrogen) atoms. The highest BCUT2D eigenvalue weighted by atomic mass is 79.9. The first-order valence-electron chi connectivity index (χ1n) is 6.03. The van der Waals surface area contributed by atoms with E-state index in [0.29, 0.717) is 6.04 Å². The molecule has 2 aromatic rings. The fraction of sp³-hybridized carbons (Fsp3) is 0.333. The van der Waals surface area contributed by atoms with Gasteiger partial charge in [0.2, 0.25) is 6.79 Å². The van der Waals surface area contributed by atoms with Gasteiger partial charge in [-0.25, -0.2) is 4.68 Å². The summed E-state index contributed by atoms with van der Waals surface area (Å²) in [5, 5.41) is 11.6. The minimum atomic E-state index is 0.262. The number of fused-ring (bicyclic) bond motifs is 1. The second-order valence-corrected chi connectivity index (χ2v) is 5.44. The van der Waals surface area contributed by atoms with Crippen LogP contribution in [0.1, 0.15) is 6.04 Å². The molecular weight excluding hydrogens is 312 g/mol. The molecule has 0 unspecified atom stereocenters. The van der Waals surface area contributed by atoms with Crippen LogP contribution < -0.4 is 14.8 Å². The minimum Gasteiger partial charge on any atom is -0.454 e. The first-order chi connectivity index (χ1) is 9.31. The minimum absolute atomic E-state index is 0.262. The van der Waals surface area contributed by atoms with Crippen molar-refractivity contribution in [1.29, 1.82) is 0 Å². The van der Waals surface area contributed by atoms with E-state index in [2.05, 4.69) is 31.6 Å². The number of hydrogen-bond acceptors (Lipinski definition) is 5. The zero-order valence-corrected chi connectivity index (χ0v) is 11.6. The molecule has 0 spiro atoms. The molecule has 1 saturated heterocycles. The average molecular weight is 323 g/mol. The van der Waals surface area contributed by atoms with Gasteiger partial charge in [-0.2, -0.15) is 0 Å². The van der Waals surface area contributed by atoms with Gasteiger partial charge >= 0.3 is 0 Å². The number of halogens is 1. The van der Waals surface area contributed by atoms with Gasteiger partial charge in [-0.15, -0.1) is 5.10 Å². The molecule has 7 heteroatoms. The van der Waals surface area contributed by atoms with Crippen LogP contribution in [-0.4, -0.2) is 34.9 Å². The van der Waals surface area contributed by atoms with Crippen molar-refractivity contribution >= 4 is 15.9 Å². The largest absolute Gasteiger partial charge is 0.454 e. The van der Waals surface area contributed by atoms with E-state index in [1.807, 2.05) is 23.0 Å². The highest BCUT2D eigenvalue weighted by Crippen LogP contribution is 2.42. The molecule has 0 radical (unpaired) electrons. The number of aromatic nitrogens is 3. The van der Waals surface area contributed by atoms with Crippen molar-refractivity contribution in [3.05, 3.63) is 22.8 Å². The van der Waals surface area contributed by atoms with E-state index >= 15 is 0 Å². The van der Waals surface area contributed by atoms with Gasteiger partial charge in [0.05, 0.1) is 16.7 Å². The van der Waals surface area contributed by atoms with Crippen molar-refractivity contribution in [1.82, 2.24) is 20.3 Å². The summed E-state index contributed by atoms with van der Waals surface area (Å²) in [6, 6.07) is 4.32. The van der Waals surface area contributed by atoms with Gasteiger partial charge in [0.25, 0.3) is 0 Å². The monoisotopic (exact) mass is 322 g/mol. The molecule has 4 rings (SSSR count). The molecule has 0 saturated carbocycles. The molecule has 0 amide bonds. The first-order valence-corrected chi connectivity index (χ1v) is 6.82. The van der Waals surface area contributed by atoms with Crippen molar-refractivity contribution < 1.29 is 9.47 Å². The Kier molecular flexibility index (Phi) is 2.49. The van der Waals surface area contributed by atoms with Crippen molar-refractivity contribution in [2.75, 3.05) is 19.9 Å². The molecule has 3 heterocycles. The maximum atomic E-state index is 5.41. The normalized spacial score (nSPS) is 17.5. The summed E-state index contributed by atoms with van der Waals surface area (Å²) in [6.07, 6.45) is 1.97. The van der Waals surface area contributed by atoms with E-state index in [-0.39, 0.29) is 6.79 Å². The lowest BCUT2D eigenvalue weighted by Gasteiger charge is -2.26. The lowest BCUT2D eigenvalue weighted by Crippen LogP contribution is -2.43. The molecule has 98 valence electrons. The van der Waals surface area contributed by atoms with Crippen molar-refractivity contribution in [3.8, 4) is 22.8 Å². The third-order valence-corrected chi connectivity index (χ3v) is 3.96. The van der Waals surface area contributed by atoms with E-state index in [4.69, 9.17) is 9.47 Å². The van der Waals surface area contributed by atoms with Crippen LogP contribution in [0.2, 0.25) is 0 Å². The predicted molar refractivity (Wildman–Crippen MR) is 71.2 cm³/mol. The van der Waals surface area contributed by atoms with Crippen LogP contribution in [0, 0.1) is 0 Å². The lowest BCUT2D eigenvalue weighted by atomic mass is 10.1. The quantitative estimate of drug-likeness (QED) is 0.909. The standard InChI is InChI=1S/C12H11BrN4O2/c13-9-1-7(2-11-12(9)19-6-18-11)10-5-17(16-15-10)8-3-14-4-8/h1-2,5,8,14H,3-4,6H2. The van der Waals surface area contributed by atoms with Gasteiger partial charge < -0.3 is 14.8 Å². The van der Waals surface area contributed by atoms with Gasteiger partial charge in [-0.3, -0.25) is 0 Å². The fourth-order valence-electron chi connectivity index (χ4n) is 2.16. The zero-order chi connectivity index (χ0) is 12.8. The van der Waals surface area contributed by atoms with Gasteiger partial charge in [0, 0.05) is 18.7 Å². The summed E-state index contributed by atoms with van der Waals surface area (Å²) >= 11 is 3.49. The molecule has 0 aliphatic carbocycles. The number of hydrogen-bond donors (Lipinski definition) is 1. The second-order valence-electron chi connectivity index (χ2n) is 4.59. The Bertz CT molecular complexity index is 639. The van der Waals surface area contributed by atoms with Gasteiger partial charge in [0.1, 0.15) is 5.69 Å². The van der Waals surface area contributed by atoms with Crippen LogP contribution in [0.25, 0.3) is 11.3 Å². The van der Waals surface area contributed by atoms with E-state index in [0.717, 1.165) is 40.3 Å². The van der Waals surface area contributed by atoms with Crippen LogP contribution >= 0.6 is 15.9 Å². The number of benzene rings is 1. The fourth-order valence-corrected chi connectivity index (χ4v) is 2.72. The Morgan fingerprint density at radius 3 is 3.00 bits per heavy atom. The molecular formula is C12H11BrN4O2. The van der Waals surface area contributed by atoms with Crippen LogP contribution in [0.3, 0.4) is 0 Å². The number of nitrogens with one attached hydrogen (secondary N) is 1. The third-order valence-electron chi connectivity index (χ3n) is 3.37. The van der Waals surface area contributed by atoms with Crippen molar-refractivity contribution in [3.63, 3.8) is 0 Å². The van der Waals surface area contributed by atoms with Gasteiger partial charge in [-0.05, 0) is 28.1 Å². The highest BCUT2D eigenvalue weighted by molar-refractivity contribution is 9.10. The number of ether oxygens (including phenoxy) is 2. The Balaban J connectivity index is 1.72. The summed E-state index contributed by atoms with van der Waals surface area (Å²) in [5.74, 6) is 1.49. The van der Waals surface area contributed by atoms with Crippen LogP contribution in [0.15, 0.2) is 22.8 Å². The topological polar surface area (TPSA) is 61.2 Å². The van der Waals surface area contributed by atoms with E-state index in [1.54, 1.807) is 0 Å². The first kappa shape index (κ1) is 11.2. The van der Waals surface area contributed by atoms with Crippen molar-refractivity contribution in [2.24, 2.45) is 0 Å². The second kappa shape index (κ2) is 4.21. The SMILES string of the molecule is Brc1cc(-c2cn(C3CNC3)nn2)cc2c1OCO2. The summed E-state index contributed by atoms with van der Waals surface area (Å²) in [5.41, 5.74) is 1.81. The highest BCUT2D eigenvalue weighted by Gasteiger charge is 2.22. The zero-order valence-electron chi connectivity index (χ0n) is 9.97. The summed E-state index contributed by atoms with van der Waals surface area (Å²) in [4.78, 5) is 0. The molecule has 1 aromatic heterocycles. The summed E-state index contributed by atoms with van der Waals surface area (Å²) in [6.45, 7) is 2.17. The Hall–Kier alpha value is -1.60. The average Bonchev–Trinajstić information content (AvgIpc) is 2.94. The molecule has 1 fully saturated rings. The van der Waals surface area contributed by atoms with Gasteiger partial charge in [-0.1, -0.05) is 5.21 Å².